The van der Waals surface area contributed by atoms with E-state index in [1.54, 1.807) is 0 Å². The summed E-state index contributed by atoms with van der Waals surface area (Å²) in [4.78, 5) is 47.8. The number of alkyl carbamates (subject to hydrolysis) is 1. The second-order valence-electron chi connectivity index (χ2n) is 14.3. The van der Waals surface area contributed by atoms with E-state index in [1.165, 1.54) is 12.0 Å². The number of amides is 2. The van der Waals surface area contributed by atoms with Crippen molar-refractivity contribution in [1.29, 1.82) is 0 Å². The molecule has 2 aliphatic heterocycles. The molecule has 5 atom stereocenters. The summed E-state index contributed by atoms with van der Waals surface area (Å²) in [5.41, 5.74) is 4.74. The summed E-state index contributed by atoms with van der Waals surface area (Å²) in [7, 11) is 1.32. The van der Waals surface area contributed by atoms with Crippen molar-refractivity contribution in [3.63, 3.8) is 0 Å². The lowest BCUT2D eigenvalue weighted by atomic mass is 9.95. The maximum Gasteiger partial charge on any atom is 0.408 e. The van der Waals surface area contributed by atoms with Gasteiger partial charge in [0, 0.05) is 11.8 Å². The van der Waals surface area contributed by atoms with E-state index in [0.29, 0.717) is 42.2 Å². The molecule has 2 fully saturated rings. The van der Waals surface area contributed by atoms with E-state index in [9.17, 15) is 14.4 Å². The lowest BCUT2D eigenvalue weighted by molar-refractivity contribution is -0.152. The van der Waals surface area contributed by atoms with Crippen LogP contribution in [0, 0.1) is 11.8 Å². The molecule has 2 bridgehead atoms. The van der Waals surface area contributed by atoms with Gasteiger partial charge in [-0.05, 0) is 85.3 Å². The predicted molar refractivity (Wildman–Crippen MR) is 195 cm³/mol. The minimum absolute atomic E-state index is 0.105. The van der Waals surface area contributed by atoms with Crippen LogP contribution in [0.2, 0.25) is 0 Å². The van der Waals surface area contributed by atoms with Crippen LogP contribution in [-0.4, -0.2) is 65.8 Å². The number of carbonyl (C=O) groups is 3. The molecule has 10 heteroatoms. The Bertz CT molecular complexity index is 1970. The molecule has 3 heterocycles. The van der Waals surface area contributed by atoms with Gasteiger partial charge in [0.1, 0.15) is 36.6 Å². The van der Waals surface area contributed by atoms with Crippen LogP contribution >= 0.6 is 0 Å². The number of esters is 1. The first-order valence-corrected chi connectivity index (χ1v) is 18.3. The van der Waals surface area contributed by atoms with Gasteiger partial charge in [-0.1, -0.05) is 72.8 Å². The van der Waals surface area contributed by atoms with E-state index in [4.69, 9.17) is 23.9 Å². The number of nitrogens with one attached hydrogen (secondary N) is 1. The molecule has 5 unspecified atom stereocenters. The van der Waals surface area contributed by atoms with Crippen LogP contribution in [0.25, 0.3) is 17.0 Å². The molecule has 1 saturated carbocycles. The highest BCUT2D eigenvalue weighted by atomic mass is 16.6. The van der Waals surface area contributed by atoms with E-state index in [-0.39, 0.29) is 36.8 Å². The zero-order valence-corrected chi connectivity index (χ0v) is 29.2. The zero-order valence-electron chi connectivity index (χ0n) is 29.2. The van der Waals surface area contributed by atoms with Crippen LogP contribution in [0.15, 0.2) is 84.9 Å². The SMILES string of the molecule is COC(=O)C1CC2CN1C(=O)C(C1Cc3ccccc3C1)NC(=O)OC1CC1CCCC=Cc1c(nc3ccccc3c1OCc1ccccc1)O2. The highest BCUT2D eigenvalue weighted by Crippen LogP contribution is 2.40. The average Bonchev–Trinajstić information content (AvgIpc) is 3.53. The van der Waals surface area contributed by atoms with Crippen molar-refractivity contribution < 1.29 is 33.3 Å². The number of methoxy groups -OCH3 is 1. The summed E-state index contributed by atoms with van der Waals surface area (Å²) < 4.78 is 24.3. The fourth-order valence-electron chi connectivity index (χ4n) is 7.99. The Morgan fingerprint density at radius 3 is 2.46 bits per heavy atom. The Kier molecular flexibility index (Phi) is 9.54. The number of ether oxygens (including phenoxy) is 4. The lowest BCUT2D eigenvalue weighted by Gasteiger charge is -2.30. The van der Waals surface area contributed by atoms with Crippen molar-refractivity contribution in [2.24, 2.45) is 11.8 Å². The maximum absolute atomic E-state index is 14.6. The molecule has 1 aromatic heterocycles. The van der Waals surface area contributed by atoms with Gasteiger partial charge in [0.2, 0.25) is 11.8 Å². The fourth-order valence-corrected chi connectivity index (χ4v) is 7.99. The van der Waals surface area contributed by atoms with Crippen molar-refractivity contribution in [3.05, 3.63) is 107 Å². The molecule has 268 valence electrons. The minimum Gasteiger partial charge on any atom is -0.487 e. The number of carbonyl (C=O) groups excluding carboxylic acids is 3. The Morgan fingerprint density at radius 1 is 0.923 bits per heavy atom. The van der Waals surface area contributed by atoms with E-state index in [0.717, 1.165) is 47.8 Å². The number of aromatic nitrogens is 1. The van der Waals surface area contributed by atoms with E-state index in [2.05, 4.69) is 23.5 Å². The molecule has 10 nitrogen and oxygen atoms in total. The summed E-state index contributed by atoms with van der Waals surface area (Å²) in [6, 6.07) is 24.1. The van der Waals surface area contributed by atoms with Gasteiger partial charge in [-0.15, -0.1) is 0 Å². The topological polar surface area (TPSA) is 116 Å². The van der Waals surface area contributed by atoms with E-state index < -0.39 is 30.3 Å². The third-order valence-corrected chi connectivity index (χ3v) is 10.8. The van der Waals surface area contributed by atoms with Crippen LogP contribution in [0.4, 0.5) is 4.79 Å². The Hall–Kier alpha value is -5.38. The molecule has 8 rings (SSSR count). The monoisotopic (exact) mass is 701 g/mol. The quantitative estimate of drug-likeness (QED) is 0.237. The third-order valence-electron chi connectivity index (χ3n) is 10.8. The molecule has 1 saturated heterocycles. The second-order valence-corrected chi connectivity index (χ2v) is 14.3. The molecule has 4 aromatic rings. The molecular weight excluding hydrogens is 658 g/mol. The van der Waals surface area contributed by atoms with Gasteiger partial charge in [-0.25, -0.2) is 14.6 Å². The number of hydrogen-bond donors (Lipinski definition) is 1. The van der Waals surface area contributed by atoms with Crippen molar-refractivity contribution in [2.45, 2.75) is 75.8 Å². The number of rotatable bonds is 5. The van der Waals surface area contributed by atoms with Crippen molar-refractivity contribution in [2.75, 3.05) is 13.7 Å². The predicted octanol–water partition coefficient (Wildman–Crippen LogP) is 6.43. The molecule has 52 heavy (non-hydrogen) atoms. The standard InChI is InChI=1S/C42H43N3O7/c1-49-41(47)35-23-31-24-45(35)40(46)37(30-20-27-14-8-9-15-28(27)21-30)44-42(48)52-36-22-29(36)16-6-3-7-18-33-38(50-25-26-12-4-2-5-13-26)32-17-10-11-19-34(32)43-39(33)51-31/h2,4-5,7-15,17-19,29-31,35-37H,3,6,16,20-25H2,1H3,(H,44,48). The Morgan fingerprint density at radius 2 is 1.67 bits per heavy atom. The normalized spacial score (nSPS) is 24.7. The van der Waals surface area contributed by atoms with Gasteiger partial charge in [-0.3, -0.25) is 4.79 Å². The summed E-state index contributed by atoms with van der Waals surface area (Å²) >= 11 is 0. The molecule has 2 aliphatic carbocycles. The van der Waals surface area contributed by atoms with Crippen LogP contribution in [0.3, 0.4) is 0 Å². The van der Waals surface area contributed by atoms with Crippen LogP contribution in [0.1, 0.15) is 54.4 Å². The molecule has 2 amide bonds. The van der Waals surface area contributed by atoms with Crippen molar-refractivity contribution in [3.8, 4) is 11.6 Å². The largest absolute Gasteiger partial charge is 0.487 e. The maximum atomic E-state index is 14.6. The smallest absolute Gasteiger partial charge is 0.408 e. The average molecular weight is 702 g/mol. The molecule has 3 aromatic carbocycles. The zero-order chi connectivity index (χ0) is 35.6. The summed E-state index contributed by atoms with van der Waals surface area (Å²) in [6.07, 6.45) is 7.62. The third kappa shape index (κ3) is 7.07. The fraction of sp³-hybridized carbons (Fsp3) is 0.381. The van der Waals surface area contributed by atoms with E-state index >= 15 is 0 Å². The molecule has 0 spiro atoms. The first-order valence-electron chi connectivity index (χ1n) is 18.3. The van der Waals surface area contributed by atoms with Crippen molar-refractivity contribution >= 4 is 34.9 Å². The first kappa shape index (κ1) is 33.7. The number of nitrogens with zero attached hydrogens (tertiary/aromatic N) is 2. The molecule has 1 N–H and O–H groups in total. The Labute approximate surface area is 303 Å². The van der Waals surface area contributed by atoms with Crippen LogP contribution in [0.5, 0.6) is 11.6 Å². The van der Waals surface area contributed by atoms with Gasteiger partial charge >= 0.3 is 12.1 Å². The van der Waals surface area contributed by atoms with Crippen LogP contribution < -0.4 is 14.8 Å². The summed E-state index contributed by atoms with van der Waals surface area (Å²) in [5, 5.41) is 3.81. The second kappa shape index (κ2) is 14.7. The summed E-state index contributed by atoms with van der Waals surface area (Å²) in [5.74, 6) is 0.193. The van der Waals surface area contributed by atoms with Gasteiger partial charge in [0.15, 0.2) is 0 Å². The molecular formula is C42H43N3O7. The van der Waals surface area contributed by atoms with Gasteiger partial charge in [0.25, 0.3) is 0 Å². The first-order chi connectivity index (χ1) is 25.4. The number of benzene rings is 3. The number of hydrogen-bond acceptors (Lipinski definition) is 8. The number of pyridine rings is 1. The van der Waals surface area contributed by atoms with E-state index in [1.807, 2.05) is 72.8 Å². The summed E-state index contributed by atoms with van der Waals surface area (Å²) in [6.45, 7) is 0.459. The van der Waals surface area contributed by atoms with Gasteiger partial charge in [0.05, 0.1) is 24.7 Å². The van der Waals surface area contributed by atoms with Gasteiger partial charge < -0.3 is 29.2 Å². The van der Waals surface area contributed by atoms with Crippen LogP contribution in [-0.2, 0) is 38.5 Å². The Balaban J connectivity index is 1.16. The van der Waals surface area contributed by atoms with Gasteiger partial charge in [-0.2, -0.15) is 0 Å². The highest BCUT2D eigenvalue weighted by Gasteiger charge is 2.47. The number of para-hydroxylation sites is 1. The lowest BCUT2D eigenvalue weighted by Crippen LogP contribution is -2.55. The van der Waals surface area contributed by atoms with Crippen molar-refractivity contribution in [1.82, 2.24) is 15.2 Å². The molecule has 0 radical (unpaired) electrons. The number of allylic oxidation sites excluding steroid dienone is 1. The molecule has 4 aliphatic rings. The minimum atomic E-state index is -0.908. The number of fused-ring (bicyclic) bond motifs is 6. The highest BCUT2D eigenvalue weighted by molar-refractivity contribution is 5.92.